The van der Waals surface area contributed by atoms with E-state index in [9.17, 15) is 5.11 Å². The quantitative estimate of drug-likeness (QED) is 0.821. The van der Waals surface area contributed by atoms with Gasteiger partial charge in [0.15, 0.2) is 11.5 Å². The van der Waals surface area contributed by atoms with Gasteiger partial charge < -0.3 is 20.3 Å². The summed E-state index contributed by atoms with van der Waals surface area (Å²) in [5.74, 6) is 0.937. The summed E-state index contributed by atoms with van der Waals surface area (Å²) < 4.78 is 10.2. The Bertz CT molecular complexity index is 344. The van der Waals surface area contributed by atoms with E-state index in [1.807, 2.05) is 0 Å². The molecule has 1 aromatic carbocycles. The van der Waals surface area contributed by atoms with Crippen molar-refractivity contribution in [2.45, 2.75) is 6.10 Å². The molecule has 0 aliphatic carbocycles. The number of rotatable bonds is 4. The number of hydrogen-bond donors (Lipinski definition) is 2. The highest BCUT2D eigenvalue weighted by Gasteiger charge is 2.17. The van der Waals surface area contributed by atoms with Crippen molar-refractivity contribution in [1.29, 1.82) is 0 Å². The van der Waals surface area contributed by atoms with E-state index in [0.29, 0.717) is 22.1 Å². The fourth-order valence-electron chi connectivity index (χ4n) is 1.33. The highest BCUT2D eigenvalue weighted by molar-refractivity contribution is 6.30. The van der Waals surface area contributed by atoms with E-state index in [2.05, 4.69) is 0 Å². The first-order chi connectivity index (χ1) is 7.13. The monoisotopic (exact) mass is 231 g/mol. The van der Waals surface area contributed by atoms with Crippen LogP contribution in [0, 0.1) is 0 Å². The molecule has 0 saturated carbocycles. The number of benzene rings is 1. The molecule has 1 rings (SSSR count). The lowest BCUT2D eigenvalue weighted by Crippen LogP contribution is -2.13. The van der Waals surface area contributed by atoms with Gasteiger partial charge in [0.25, 0.3) is 0 Å². The predicted octanol–water partition coefficient (Wildman–Crippen LogP) is 1.35. The summed E-state index contributed by atoms with van der Waals surface area (Å²) in [6.45, 7) is 0.0971. The summed E-state index contributed by atoms with van der Waals surface area (Å²) in [4.78, 5) is 0. The Labute approximate surface area is 93.6 Å². The van der Waals surface area contributed by atoms with E-state index in [-0.39, 0.29) is 6.54 Å². The first kappa shape index (κ1) is 12.1. The van der Waals surface area contributed by atoms with E-state index in [0.717, 1.165) is 0 Å². The van der Waals surface area contributed by atoms with Gasteiger partial charge in [-0.25, -0.2) is 0 Å². The second-order valence-electron chi connectivity index (χ2n) is 2.98. The molecule has 3 N–H and O–H groups in total. The van der Waals surface area contributed by atoms with E-state index >= 15 is 0 Å². The van der Waals surface area contributed by atoms with Crippen molar-refractivity contribution in [3.05, 3.63) is 22.7 Å². The van der Waals surface area contributed by atoms with Crippen LogP contribution in [-0.4, -0.2) is 25.9 Å². The van der Waals surface area contributed by atoms with Gasteiger partial charge in [0.1, 0.15) is 0 Å². The van der Waals surface area contributed by atoms with E-state index in [4.69, 9.17) is 26.8 Å². The van der Waals surface area contributed by atoms with Crippen LogP contribution in [0.4, 0.5) is 0 Å². The van der Waals surface area contributed by atoms with Gasteiger partial charge in [-0.1, -0.05) is 11.6 Å². The summed E-state index contributed by atoms with van der Waals surface area (Å²) >= 11 is 5.87. The Morgan fingerprint density at radius 2 is 2.07 bits per heavy atom. The summed E-state index contributed by atoms with van der Waals surface area (Å²) in [5, 5.41) is 10.1. The number of hydrogen-bond acceptors (Lipinski definition) is 4. The van der Waals surface area contributed by atoms with Crippen molar-refractivity contribution in [2.75, 3.05) is 20.8 Å². The summed E-state index contributed by atoms with van der Waals surface area (Å²) in [6.07, 6.45) is -0.812. The maximum Gasteiger partial charge on any atom is 0.166 e. The Balaban J connectivity index is 3.28. The lowest BCUT2D eigenvalue weighted by Gasteiger charge is -2.16. The molecule has 84 valence electrons. The Hall–Kier alpha value is -0.970. The van der Waals surface area contributed by atoms with Crippen LogP contribution >= 0.6 is 11.6 Å². The van der Waals surface area contributed by atoms with Crippen LogP contribution in [0.25, 0.3) is 0 Å². The first-order valence-electron chi connectivity index (χ1n) is 4.43. The maximum atomic E-state index is 9.67. The minimum Gasteiger partial charge on any atom is -0.493 e. The Kier molecular flexibility index (Phi) is 4.20. The molecule has 0 unspecified atom stereocenters. The predicted molar refractivity (Wildman–Crippen MR) is 58.6 cm³/mol. The standard InChI is InChI=1S/C10H14ClNO3/c1-14-9-4-6(11)3-7(8(13)5-12)10(9)15-2/h3-4,8,13H,5,12H2,1-2H3/t8-/m1/s1. The van der Waals surface area contributed by atoms with Gasteiger partial charge in [0.05, 0.1) is 20.3 Å². The Morgan fingerprint density at radius 1 is 1.40 bits per heavy atom. The molecule has 0 radical (unpaired) electrons. The van der Waals surface area contributed by atoms with Gasteiger partial charge in [0.2, 0.25) is 0 Å². The summed E-state index contributed by atoms with van der Waals surface area (Å²) in [6, 6.07) is 3.23. The van der Waals surface area contributed by atoms with E-state index < -0.39 is 6.10 Å². The van der Waals surface area contributed by atoms with Crippen LogP contribution in [0.5, 0.6) is 11.5 Å². The minimum absolute atomic E-state index is 0.0971. The molecule has 0 heterocycles. The average Bonchev–Trinajstić information content (AvgIpc) is 2.26. The lowest BCUT2D eigenvalue weighted by atomic mass is 10.1. The summed E-state index contributed by atoms with van der Waals surface area (Å²) in [5.41, 5.74) is 5.91. The fraction of sp³-hybridized carbons (Fsp3) is 0.400. The molecule has 0 spiro atoms. The number of ether oxygens (including phenoxy) is 2. The topological polar surface area (TPSA) is 64.7 Å². The van der Waals surface area contributed by atoms with Crippen molar-refractivity contribution < 1.29 is 14.6 Å². The third-order valence-electron chi connectivity index (χ3n) is 2.05. The first-order valence-corrected chi connectivity index (χ1v) is 4.81. The molecular weight excluding hydrogens is 218 g/mol. The molecule has 0 amide bonds. The minimum atomic E-state index is -0.812. The zero-order valence-electron chi connectivity index (χ0n) is 8.66. The molecule has 0 bridgehead atoms. The highest BCUT2D eigenvalue weighted by Crippen LogP contribution is 2.37. The van der Waals surface area contributed by atoms with Crippen LogP contribution in [0.15, 0.2) is 12.1 Å². The Morgan fingerprint density at radius 3 is 2.53 bits per heavy atom. The molecule has 0 aliphatic rings. The number of methoxy groups -OCH3 is 2. The van der Waals surface area contributed by atoms with Gasteiger partial charge in [-0.3, -0.25) is 0 Å². The largest absolute Gasteiger partial charge is 0.493 e. The summed E-state index contributed by atoms with van der Waals surface area (Å²) in [7, 11) is 3.01. The average molecular weight is 232 g/mol. The maximum absolute atomic E-state index is 9.67. The van der Waals surface area contributed by atoms with Crippen molar-refractivity contribution in [3.63, 3.8) is 0 Å². The number of aliphatic hydroxyl groups is 1. The van der Waals surface area contributed by atoms with Crippen molar-refractivity contribution in [1.82, 2.24) is 0 Å². The molecule has 1 aromatic rings. The zero-order chi connectivity index (χ0) is 11.4. The van der Waals surface area contributed by atoms with Crippen LogP contribution < -0.4 is 15.2 Å². The smallest absolute Gasteiger partial charge is 0.166 e. The SMILES string of the molecule is COc1cc(Cl)cc([C@H](O)CN)c1OC. The second kappa shape index (κ2) is 5.21. The van der Waals surface area contributed by atoms with Crippen LogP contribution in [0.1, 0.15) is 11.7 Å². The van der Waals surface area contributed by atoms with E-state index in [1.54, 1.807) is 12.1 Å². The van der Waals surface area contributed by atoms with Gasteiger partial charge in [-0.05, 0) is 6.07 Å². The molecule has 1 atom stereocenters. The fourth-order valence-corrected chi connectivity index (χ4v) is 1.55. The third kappa shape index (κ3) is 2.53. The number of halogens is 1. The molecule has 4 nitrogen and oxygen atoms in total. The van der Waals surface area contributed by atoms with Gasteiger partial charge in [0, 0.05) is 23.2 Å². The number of nitrogens with two attached hydrogens (primary N) is 1. The number of aliphatic hydroxyl groups excluding tert-OH is 1. The van der Waals surface area contributed by atoms with Gasteiger partial charge in [-0.15, -0.1) is 0 Å². The molecule has 0 aliphatic heterocycles. The normalized spacial score (nSPS) is 12.3. The van der Waals surface area contributed by atoms with Gasteiger partial charge >= 0.3 is 0 Å². The lowest BCUT2D eigenvalue weighted by molar-refractivity contribution is 0.181. The molecule has 0 saturated heterocycles. The highest BCUT2D eigenvalue weighted by atomic mass is 35.5. The van der Waals surface area contributed by atoms with Crippen LogP contribution in [-0.2, 0) is 0 Å². The van der Waals surface area contributed by atoms with E-state index in [1.165, 1.54) is 14.2 Å². The van der Waals surface area contributed by atoms with Crippen LogP contribution in [0.2, 0.25) is 5.02 Å². The second-order valence-corrected chi connectivity index (χ2v) is 3.42. The van der Waals surface area contributed by atoms with Crippen LogP contribution in [0.3, 0.4) is 0 Å². The van der Waals surface area contributed by atoms with Gasteiger partial charge in [-0.2, -0.15) is 0 Å². The van der Waals surface area contributed by atoms with Crippen molar-refractivity contribution in [3.8, 4) is 11.5 Å². The van der Waals surface area contributed by atoms with Crippen molar-refractivity contribution >= 4 is 11.6 Å². The molecule has 0 fully saturated rings. The molecular formula is C10H14ClNO3. The third-order valence-corrected chi connectivity index (χ3v) is 2.27. The molecule has 0 aromatic heterocycles. The molecule has 15 heavy (non-hydrogen) atoms. The van der Waals surface area contributed by atoms with Crippen molar-refractivity contribution in [2.24, 2.45) is 5.73 Å². The molecule has 5 heteroatoms. The zero-order valence-corrected chi connectivity index (χ0v) is 9.41.